The van der Waals surface area contributed by atoms with E-state index in [-0.39, 0.29) is 0 Å². The van der Waals surface area contributed by atoms with Crippen molar-refractivity contribution >= 4 is 23.9 Å². The molecule has 2 aliphatic heterocycles. The smallest absolute Gasteiger partial charge is 0.422 e. The van der Waals surface area contributed by atoms with Crippen molar-refractivity contribution in [1.82, 2.24) is 0 Å². The Balaban J connectivity index is 2.75. The van der Waals surface area contributed by atoms with Crippen LogP contribution >= 0.6 is 0 Å². The van der Waals surface area contributed by atoms with Crippen molar-refractivity contribution in [1.29, 1.82) is 0 Å². The highest BCUT2D eigenvalue weighted by molar-refractivity contribution is 5.95. The summed E-state index contributed by atoms with van der Waals surface area (Å²) in [6.07, 6.45) is -7.15. The number of rotatable bonds is 4. The third-order valence-electron chi connectivity index (χ3n) is 4.15. The van der Waals surface area contributed by atoms with Gasteiger partial charge in [-0.3, -0.25) is 9.59 Å². The van der Waals surface area contributed by atoms with E-state index in [4.69, 9.17) is 5.11 Å². The summed E-state index contributed by atoms with van der Waals surface area (Å²) in [5, 5.41) is 61.3. The summed E-state index contributed by atoms with van der Waals surface area (Å²) in [6, 6.07) is 0. The maximum Gasteiger partial charge on any atom is 0.451 e. The molecule has 0 aromatic rings. The number of hydrogen-bond acceptors (Lipinski definition) is 14. The number of carbonyl (C=O) groups excluding carboxylic acids is 4. The first-order chi connectivity index (χ1) is 13.7. The van der Waals surface area contributed by atoms with Gasteiger partial charge in [-0.05, 0) is 0 Å². The molecule has 14 nitrogen and oxygen atoms in total. The highest BCUT2D eigenvalue weighted by atomic mass is 16.9. The summed E-state index contributed by atoms with van der Waals surface area (Å²) in [5.41, 5.74) is -1.30. The number of aliphatic hydroxyl groups excluding tert-OH is 3. The Labute approximate surface area is 167 Å². The molecular formula is C16H18O14. The minimum atomic E-state index is -4.30. The van der Waals surface area contributed by atoms with E-state index >= 15 is 0 Å². The molecule has 0 saturated carbocycles. The molecule has 0 amide bonds. The molecule has 0 radical (unpaired) electrons. The van der Waals surface area contributed by atoms with Gasteiger partial charge in [-0.2, -0.15) is 0 Å². The van der Waals surface area contributed by atoms with Crippen LogP contribution in [0, 0.1) is 0 Å². The molecular weight excluding hydrogens is 416 g/mol. The summed E-state index contributed by atoms with van der Waals surface area (Å²) in [4.78, 5) is 48.0. The van der Waals surface area contributed by atoms with Crippen molar-refractivity contribution in [2.45, 2.75) is 42.6 Å². The van der Waals surface area contributed by atoms with Gasteiger partial charge in [-0.15, -0.1) is 0 Å². The zero-order valence-electron chi connectivity index (χ0n) is 15.1. The molecule has 0 aliphatic carbocycles. The van der Waals surface area contributed by atoms with Crippen LogP contribution in [-0.2, 0) is 38.1 Å². The Morgan fingerprint density at radius 2 is 1.30 bits per heavy atom. The number of esters is 4. The maximum absolute atomic E-state index is 12.2. The van der Waals surface area contributed by atoms with Crippen LogP contribution in [0.4, 0.5) is 0 Å². The van der Waals surface area contributed by atoms with Crippen LogP contribution in [0.3, 0.4) is 0 Å². The molecule has 5 atom stereocenters. The first-order valence-corrected chi connectivity index (χ1v) is 8.10. The molecule has 30 heavy (non-hydrogen) atoms. The molecule has 0 spiro atoms. The minimum absolute atomic E-state index is 0.599. The number of hydrogen-bond donors (Lipinski definition) is 6. The summed E-state index contributed by atoms with van der Waals surface area (Å²) in [5.74, 6) is -18.8. The average molecular weight is 434 g/mol. The monoisotopic (exact) mass is 434 g/mol. The van der Waals surface area contributed by atoms with Gasteiger partial charge in [0.2, 0.25) is 0 Å². The average Bonchev–Trinajstić information content (AvgIpc) is 2.74. The quantitative estimate of drug-likeness (QED) is 0.140. The molecule has 0 aromatic carbocycles. The highest BCUT2D eigenvalue weighted by Crippen LogP contribution is 2.43. The minimum Gasteiger partial charge on any atom is -0.422 e. The Morgan fingerprint density at radius 3 is 1.80 bits per heavy atom. The van der Waals surface area contributed by atoms with Crippen molar-refractivity contribution in [3.05, 3.63) is 24.3 Å². The number of ether oxygens (including phenoxy) is 4. The molecule has 2 heterocycles. The van der Waals surface area contributed by atoms with E-state index in [9.17, 15) is 44.7 Å². The summed E-state index contributed by atoms with van der Waals surface area (Å²) in [6.45, 7) is 5.01. The van der Waals surface area contributed by atoms with Crippen molar-refractivity contribution in [3.63, 3.8) is 0 Å². The predicted molar refractivity (Wildman–Crippen MR) is 85.8 cm³/mol. The Morgan fingerprint density at radius 1 is 0.833 bits per heavy atom. The van der Waals surface area contributed by atoms with Gasteiger partial charge in [0.25, 0.3) is 0 Å². The van der Waals surface area contributed by atoms with Crippen molar-refractivity contribution in [2.24, 2.45) is 0 Å². The molecule has 2 rings (SSSR count). The molecule has 1 unspecified atom stereocenters. The Hall–Kier alpha value is -2.88. The topological polar surface area (TPSA) is 227 Å². The second-order valence-electron chi connectivity index (χ2n) is 6.40. The van der Waals surface area contributed by atoms with Crippen LogP contribution in [0.5, 0.6) is 0 Å². The third kappa shape index (κ3) is 3.67. The fourth-order valence-corrected chi connectivity index (χ4v) is 2.51. The van der Waals surface area contributed by atoms with Crippen LogP contribution in [0.1, 0.15) is 12.8 Å². The Kier molecular flexibility index (Phi) is 6.04. The van der Waals surface area contributed by atoms with Gasteiger partial charge in [-0.25, -0.2) is 9.59 Å². The van der Waals surface area contributed by atoms with E-state index in [0.29, 0.717) is 0 Å². The van der Waals surface area contributed by atoms with E-state index in [0.717, 1.165) is 0 Å². The van der Waals surface area contributed by atoms with Crippen molar-refractivity contribution in [2.75, 3.05) is 6.61 Å². The molecule has 2 saturated heterocycles. The molecule has 2 aliphatic rings. The largest absolute Gasteiger partial charge is 0.451 e. The second-order valence-corrected chi connectivity index (χ2v) is 6.40. The van der Waals surface area contributed by atoms with Crippen LogP contribution in [0.25, 0.3) is 0 Å². The SMILES string of the molecule is C=C1CC(=O)OC(O)([C@]2(O)OC(=O)C(=C)CC(=O)O[C@]2(O)[C@H](O)[C@@H](O)CO)OC1=O. The zero-order chi connectivity index (χ0) is 23.1. The van der Waals surface area contributed by atoms with Crippen LogP contribution in [0.2, 0.25) is 0 Å². The first kappa shape index (κ1) is 23.4. The van der Waals surface area contributed by atoms with Gasteiger partial charge in [0, 0.05) is 11.1 Å². The summed E-state index contributed by atoms with van der Waals surface area (Å²) in [7, 11) is 0. The molecule has 0 bridgehead atoms. The number of carbonyl (C=O) groups is 4. The van der Waals surface area contributed by atoms with Crippen LogP contribution in [0.15, 0.2) is 24.3 Å². The van der Waals surface area contributed by atoms with E-state index in [2.05, 4.69) is 32.1 Å². The van der Waals surface area contributed by atoms with Gasteiger partial charge in [0.05, 0.1) is 19.4 Å². The standard InChI is InChI=1S/C16H18O14/c1-6-3-9(19)27-14(24,11(21)8(18)5-17)15(25,29-12(6)22)16(26)28-10(20)4-7(2)13(23)30-16/h8,11,17-18,21,24-26H,1-5H2/t8-,11+,14+,15+,16?/m0/s1. The van der Waals surface area contributed by atoms with Crippen molar-refractivity contribution < 1.29 is 68.8 Å². The summed E-state index contributed by atoms with van der Waals surface area (Å²) < 4.78 is 17.8. The zero-order valence-corrected chi connectivity index (χ0v) is 15.1. The maximum atomic E-state index is 12.2. The number of cyclic esters (lactones) is 4. The van der Waals surface area contributed by atoms with E-state index in [1.165, 1.54) is 0 Å². The lowest BCUT2D eigenvalue weighted by Crippen LogP contribution is -2.78. The summed E-state index contributed by atoms with van der Waals surface area (Å²) >= 11 is 0. The fourth-order valence-electron chi connectivity index (χ4n) is 2.51. The molecule has 0 aromatic heterocycles. The number of aliphatic hydroxyl groups is 6. The van der Waals surface area contributed by atoms with Crippen LogP contribution in [-0.4, -0.2) is 90.9 Å². The first-order valence-electron chi connectivity index (χ1n) is 8.10. The lowest BCUT2D eigenvalue weighted by atomic mass is 9.92. The van der Waals surface area contributed by atoms with E-state index in [1.807, 2.05) is 0 Å². The molecule has 14 heteroatoms. The Bertz CT molecular complexity index is 819. The third-order valence-corrected chi connectivity index (χ3v) is 4.15. The van der Waals surface area contributed by atoms with Gasteiger partial charge in [0.1, 0.15) is 6.10 Å². The van der Waals surface area contributed by atoms with Gasteiger partial charge in [0.15, 0.2) is 6.10 Å². The van der Waals surface area contributed by atoms with E-state index < -0.39 is 84.2 Å². The van der Waals surface area contributed by atoms with Crippen LogP contribution < -0.4 is 0 Å². The predicted octanol–water partition coefficient (Wildman–Crippen LogP) is -4.18. The van der Waals surface area contributed by atoms with Gasteiger partial charge >= 0.3 is 41.4 Å². The lowest BCUT2D eigenvalue weighted by Gasteiger charge is -2.48. The molecule has 2 fully saturated rings. The normalized spacial score (nSPS) is 35.1. The van der Waals surface area contributed by atoms with Crippen molar-refractivity contribution in [3.8, 4) is 0 Å². The van der Waals surface area contributed by atoms with E-state index in [1.54, 1.807) is 0 Å². The fraction of sp³-hybridized carbons (Fsp3) is 0.500. The molecule has 166 valence electrons. The lowest BCUT2D eigenvalue weighted by molar-refractivity contribution is -0.512. The highest BCUT2D eigenvalue weighted by Gasteiger charge is 2.78. The van der Waals surface area contributed by atoms with Gasteiger partial charge < -0.3 is 49.6 Å². The molecule has 6 N–H and O–H groups in total. The second kappa shape index (κ2) is 7.75. The van der Waals surface area contributed by atoms with Gasteiger partial charge in [-0.1, -0.05) is 13.2 Å².